The maximum atomic E-state index is 13.2. The highest BCUT2D eigenvalue weighted by atomic mass is 35.5. The molecule has 0 unspecified atom stereocenters. The highest BCUT2D eigenvalue weighted by Gasteiger charge is 2.32. The molecule has 3 rings (SSSR count). The number of halogens is 1. The molecular weight excluding hydrogens is 552 g/mol. The van der Waals surface area contributed by atoms with E-state index in [1.807, 2.05) is 0 Å². The van der Waals surface area contributed by atoms with Crippen molar-refractivity contribution in [2.45, 2.75) is 57.6 Å². The molecule has 0 aliphatic rings. The highest BCUT2D eigenvalue weighted by Crippen LogP contribution is 2.34. The molecule has 0 fully saturated rings. The summed E-state index contributed by atoms with van der Waals surface area (Å²) in [4.78, 5) is 24.8. The number of sulfone groups is 1. The normalized spacial score (nSPS) is 11.8. The first-order valence-corrected chi connectivity index (χ1v) is 14.7. The van der Waals surface area contributed by atoms with Gasteiger partial charge in [-0.1, -0.05) is 35.6 Å². The number of carbonyl (C=O) groups is 2. The van der Waals surface area contributed by atoms with Gasteiger partial charge in [0.15, 0.2) is 15.5 Å². The van der Waals surface area contributed by atoms with Gasteiger partial charge in [0.1, 0.15) is 10.5 Å². The standard InChI is InChI=1S/C29H33ClN4O5S/c1-28(2,3)32-26(35)23-25(40(7,37)38)24(20-12-14-21(30)15-13-20)34(33-23)22-16-10-19(11-17-22)9-8-18-31-27(36)39-29(4,5)6/h10-17H,18H2,1-7H3,(H,31,36)(H,32,35). The topological polar surface area (TPSA) is 119 Å². The van der Waals surface area contributed by atoms with E-state index in [1.54, 1.807) is 90.1 Å². The fourth-order valence-electron chi connectivity index (χ4n) is 3.61. The summed E-state index contributed by atoms with van der Waals surface area (Å²) in [5, 5.41) is 10.3. The highest BCUT2D eigenvalue weighted by molar-refractivity contribution is 7.91. The number of carbonyl (C=O) groups excluding carboxylic acids is 2. The lowest BCUT2D eigenvalue weighted by Gasteiger charge is -2.19. The van der Waals surface area contributed by atoms with Gasteiger partial charge < -0.3 is 15.4 Å². The molecule has 2 amide bonds. The number of nitrogens with zero attached hydrogens (tertiary/aromatic N) is 2. The Labute approximate surface area is 240 Å². The third-order valence-corrected chi connectivity index (χ3v) is 6.48. The number of rotatable bonds is 5. The summed E-state index contributed by atoms with van der Waals surface area (Å²) in [6, 6.07) is 13.5. The number of hydrogen-bond acceptors (Lipinski definition) is 6. The van der Waals surface area contributed by atoms with Gasteiger partial charge in [0.05, 0.1) is 17.9 Å². The molecule has 0 saturated heterocycles. The molecule has 9 nitrogen and oxygen atoms in total. The van der Waals surface area contributed by atoms with Gasteiger partial charge in [0.2, 0.25) is 0 Å². The molecule has 1 heterocycles. The number of amides is 2. The molecule has 0 spiro atoms. The summed E-state index contributed by atoms with van der Waals surface area (Å²) >= 11 is 6.08. The van der Waals surface area contributed by atoms with Crippen LogP contribution in [0.15, 0.2) is 53.4 Å². The van der Waals surface area contributed by atoms with Gasteiger partial charge in [-0.3, -0.25) is 4.79 Å². The lowest BCUT2D eigenvalue weighted by atomic mass is 10.1. The Morgan fingerprint density at radius 1 is 1.00 bits per heavy atom. The molecule has 11 heteroatoms. The first-order valence-electron chi connectivity index (χ1n) is 12.4. The predicted molar refractivity (Wildman–Crippen MR) is 155 cm³/mol. The molecule has 0 radical (unpaired) electrons. The van der Waals surface area contributed by atoms with Crippen molar-refractivity contribution in [2.75, 3.05) is 12.8 Å². The largest absolute Gasteiger partial charge is 0.444 e. The van der Waals surface area contributed by atoms with Crippen LogP contribution < -0.4 is 10.6 Å². The number of ether oxygens (including phenoxy) is 1. The molecule has 0 aliphatic carbocycles. The van der Waals surface area contributed by atoms with Crippen LogP contribution in [0.3, 0.4) is 0 Å². The molecular formula is C29H33ClN4O5S. The van der Waals surface area contributed by atoms with Crippen molar-refractivity contribution >= 4 is 33.4 Å². The molecule has 212 valence electrons. The SMILES string of the molecule is CC(C)(C)NC(=O)c1nn(-c2ccc(C#CCNC(=O)OC(C)(C)C)cc2)c(-c2ccc(Cl)cc2)c1S(C)(=O)=O. The molecule has 2 aromatic carbocycles. The summed E-state index contributed by atoms with van der Waals surface area (Å²) in [5.41, 5.74) is 0.498. The lowest BCUT2D eigenvalue weighted by molar-refractivity contribution is 0.0534. The minimum Gasteiger partial charge on any atom is -0.444 e. The van der Waals surface area contributed by atoms with Crippen LogP contribution in [0.2, 0.25) is 5.02 Å². The monoisotopic (exact) mass is 584 g/mol. The van der Waals surface area contributed by atoms with E-state index < -0.39 is 33.0 Å². The number of nitrogens with one attached hydrogen (secondary N) is 2. The molecule has 1 aromatic heterocycles. The average molecular weight is 585 g/mol. The summed E-state index contributed by atoms with van der Waals surface area (Å²) in [5.74, 6) is 5.21. The Bertz CT molecular complexity index is 1570. The third kappa shape index (κ3) is 8.34. The second-order valence-corrected chi connectivity index (χ2v) is 13.5. The van der Waals surface area contributed by atoms with E-state index in [1.165, 1.54) is 4.68 Å². The Kier molecular flexibility index (Phi) is 9.02. The predicted octanol–water partition coefficient (Wildman–Crippen LogP) is 5.00. The minimum atomic E-state index is -3.90. The number of benzene rings is 2. The number of alkyl carbamates (subject to hydrolysis) is 1. The van der Waals surface area contributed by atoms with Crippen LogP contribution in [0.1, 0.15) is 57.6 Å². The molecule has 0 atom stereocenters. The van der Waals surface area contributed by atoms with Crippen molar-refractivity contribution in [2.24, 2.45) is 0 Å². The summed E-state index contributed by atoms with van der Waals surface area (Å²) in [6.45, 7) is 10.8. The summed E-state index contributed by atoms with van der Waals surface area (Å²) in [7, 11) is -3.90. The van der Waals surface area contributed by atoms with E-state index >= 15 is 0 Å². The van der Waals surface area contributed by atoms with Crippen molar-refractivity contribution in [1.29, 1.82) is 0 Å². The average Bonchev–Trinajstić information content (AvgIpc) is 3.22. The maximum Gasteiger partial charge on any atom is 0.408 e. The maximum absolute atomic E-state index is 13.2. The van der Waals surface area contributed by atoms with E-state index in [0.29, 0.717) is 21.8 Å². The van der Waals surface area contributed by atoms with Crippen molar-refractivity contribution < 1.29 is 22.7 Å². The second-order valence-electron chi connectivity index (χ2n) is 11.1. The Morgan fingerprint density at radius 3 is 2.12 bits per heavy atom. The number of aromatic nitrogens is 2. The third-order valence-electron chi connectivity index (χ3n) is 5.10. The quantitative estimate of drug-likeness (QED) is 0.407. The molecule has 0 bridgehead atoms. The van der Waals surface area contributed by atoms with E-state index in [0.717, 1.165) is 6.26 Å². The van der Waals surface area contributed by atoms with Crippen LogP contribution in [0, 0.1) is 11.8 Å². The zero-order chi connectivity index (χ0) is 29.9. The Hall–Kier alpha value is -3.81. The first kappa shape index (κ1) is 30.7. The summed E-state index contributed by atoms with van der Waals surface area (Å²) in [6.07, 6.45) is 0.490. The zero-order valence-electron chi connectivity index (χ0n) is 23.5. The molecule has 2 N–H and O–H groups in total. The van der Waals surface area contributed by atoms with Crippen molar-refractivity contribution in [1.82, 2.24) is 20.4 Å². The zero-order valence-corrected chi connectivity index (χ0v) is 25.1. The van der Waals surface area contributed by atoms with Crippen molar-refractivity contribution in [3.8, 4) is 28.8 Å². The smallest absolute Gasteiger partial charge is 0.408 e. The second kappa shape index (κ2) is 11.7. The first-order chi connectivity index (χ1) is 18.4. The van der Waals surface area contributed by atoms with Crippen molar-refractivity contribution in [3.63, 3.8) is 0 Å². The van der Waals surface area contributed by atoms with Gasteiger partial charge in [0.25, 0.3) is 5.91 Å². The Balaban J connectivity index is 2.04. The van der Waals surface area contributed by atoms with Crippen LogP contribution >= 0.6 is 11.6 Å². The molecule has 0 aliphatic heterocycles. The van der Waals surface area contributed by atoms with E-state index in [-0.39, 0.29) is 22.8 Å². The van der Waals surface area contributed by atoms with E-state index in [2.05, 4.69) is 27.6 Å². The van der Waals surface area contributed by atoms with Gasteiger partial charge in [-0.2, -0.15) is 5.10 Å². The van der Waals surface area contributed by atoms with Crippen LogP contribution in [0.4, 0.5) is 4.79 Å². The molecule has 3 aromatic rings. The van der Waals surface area contributed by atoms with Crippen LogP contribution in [0.5, 0.6) is 0 Å². The van der Waals surface area contributed by atoms with Gasteiger partial charge >= 0.3 is 6.09 Å². The summed E-state index contributed by atoms with van der Waals surface area (Å²) < 4.78 is 32.7. The fourth-order valence-corrected chi connectivity index (χ4v) is 4.78. The lowest BCUT2D eigenvalue weighted by Crippen LogP contribution is -2.41. The Morgan fingerprint density at radius 2 is 1.60 bits per heavy atom. The van der Waals surface area contributed by atoms with Crippen LogP contribution in [-0.4, -0.2) is 54.1 Å². The van der Waals surface area contributed by atoms with Gasteiger partial charge in [-0.15, -0.1) is 0 Å². The van der Waals surface area contributed by atoms with E-state index in [4.69, 9.17) is 16.3 Å². The van der Waals surface area contributed by atoms with Gasteiger partial charge in [-0.05, 0) is 77.9 Å². The molecule has 0 saturated carbocycles. The number of hydrogen-bond donors (Lipinski definition) is 2. The van der Waals surface area contributed by atoms with Gasteiger partial charge in [-0.25, -0.2) is 17.9 Å². The van der Waals surface area contributed by atoms with Gasteiger partial charge in [0, 0.05) is 27.9 Å². The molecule has 40 heavy (non-hydrogen) atoms. The minimum absolute atomic E-state index is 0.0977. The van der Waals surface area contributed by atoms with Crippen LogP contribution in [-0.2, 0) is 14.6 Å². The van der Waals surface area contributed by atoms with E-state index in [9.17, 15) is 18.0 Å². The fraction of sp³-hybridized carbons (Fsp3) is 0.345. The van der Waals surface area contributed by atoms with Crippen LogP contribution in [0.25, 0.3) is 16.9 Å². The van der Waals surface area contributed by atoms with Crippen molar-refractivity contribution in [3.05, 3.63) is 64.8 Å².